The lowest BCUT2D eigenvalue weighted by Gasteiger charge is -2.40. The predicted octanol–water partition coefficient (Wildman–Crippen LogP) is 18.5. The number of aliphatic hydroxyl groups is 5. The molecule has 78 heavy (non-hydrogen) atoms. The van der Waals surface area contributed by atoms with Crippen LogP contribution in [0.1, 0.15) is 354 Å². The van der Waals surface area contributed by atoms with Crippen LogP contribution >= 0.6 is 0 Å². The lowest BCUT2D eigenvalue weighted by molar-refractivity contribution is -0.302. The van der Waals surface area contributed by atoms with Gasteiger partial charge in [0.2, 0.25) is 5.91 Å². The molecule has 6 N–H and O–H groups in total. The van der Waals surface area contributed by atoms with E-state index >= 15 is 0 Å². The molecule has 0 spiro atoms. The van der Waals surface area contributed by atoms with E-state index in [1.165, 1.54) is 295 Å². The number of amides is 1. The second kappa shape index (κ2) is 58.9. The number of rotatable bonds is 61. The van der Waals surface area contributed by atoms with Gasteiger partial charge in [-0.2, -0.15) is 0 Å². The van der Waals surface area contributed by atoms with Crippen LogP contribution in [0.4, 0.5) is 0 Å². The number of aliphatic hydroxyl groups excluding tert-OH is 5. The van der Waals surface area contributed by atoms with Gasteiger partial charge in [0.1, 0.15) is 24.4 Å². The average molecular weight is 1100 g/mol. The first-order valence-corrected chi connectivity index (χ1v) is 34.6. The van der Waals surface area contributed by atoms with E-state index in [-0.39, 0.29) is 12.5 Å². The van der Waals surface area contributed by atoms with Crippen LogP contribution in [0.5, 0.6) is 0 Å². The van der Waals surface area contributed by atoms with Gasteiger partial charge >= 0.3 is 0 Å². The molecule has 9 nitrogen and oxygen atoms in total. The lowest BCUT2D eigenvalue weighted by atomic mass is 9.99. The van der Waals surface area contributed by atoms with Crippen molar-refractivity contribution in [2.45, 2.75) is 397 Å². The van der Waals surface area contributed by atoms with Gasteiger partial charge in [-0.25, -0.2) is 0 Å². The number of unbranched alkanes of at least 4 members (excludes halogenated alkanes) is 49. The number of carbonyl (C=O) groups excluding carboxylic acids is 1. The number of hydrogen-bond donors (Lipinski definition) is 6. The van der Waals surface area contributed by atoms with E-state index < -0.39 is 49.5 Å². The second-order valence-electron chi connectivity index (χ2n) is 24.3. The maximum absolute atomic E-state index is 13.1. The Labute approximate surface area is 483 Å². The van der Waals surface area contributed by atoms with Gasteiger partial charge in [-0.15, -0.1) is 0 Å². The van der Waals surface area contributed by atoms with Crippen LogP contribution < -0.4 is 5.32 Å². The third-order valence-corrected chi connectivity index (χ3v) is 16.8. The molecule has 0 saturated carbocycles. The van der Waals surface area contributed by atoms with Gasteiger partial charge in [0.05, 0.1) is 25.4 Å². The first-order chi connectivity index (χ1) is 38.3. The summed E-state index contributed by atoms with van der Waals surface area (Å²) in [6, 6.07) is -0.820. The van der Waals surface area contributed by atoms with Crippen molar-refractivity contribution in [2.75, 3.05) is 13.2 Å². The first-order valence-electron chi connectivity index (χ1n) is 34.6. The first kappa shape index (κ1) is 74.7. The van der Waals surface area contributed by atoms with Gasteiger partial charge in [-0.3, -0.25) is 4.79 Å². The van der Waals surface area contributed by atoms with Crippen LogP contribution in [0.25, 0.3) is 0 Å². The van der Waals surface area contributed by atoms with Gasteiger partial charge in [0, 0.05) is 6.42 Å². The normalized spacial score (nSPS) is 18.7. The molecule has 1 aliphatic rings. The average Bonchev–Trinajstić information content (AvgIpc) is 3.45. The molecule has 1 heterocycles. The zero-order valence-electron chi connectivity index (χ0n) is 51.7. The van der Waals surface area contributed by atoms with Gasteiger partial charge in [0.25, 0.3) is 0 Å². The Hall–Kier alpha value is -1.33. The summed E-state index contributed by atoms with van der Waals surface area (Å²) in [5, 5.41) is 54.7. The van der Waals surface area contributed by atoms with E-state index in [9.17, 15) is 30.3 Å². The summed E-state index contributed by atoms with van der Waals surface area (Å²) in [6.07, 6.45) is 70.0. The van der Waals surface area contributed by atoms with Crippen LogP contribution in [0.3, 0.4) is 0 Å². The van der Waals surface area contributed by atoms with E-state index in [1.54, 1.807) is 6.08 Å². The van der Waals surface area contributed by atoms with Gasteiger partial charge < -0.3 is 40.3 Å². The van der Waals surface area contributed by atoms with Crippen molar-refractivity contribution >= 4 is 5.91 Å². The van der Waals surface area contributed by atoms with Crippen LogP contribution in [-0.4, -0.2) is 87.5 Å². The Bertz CT molecular complexity index is 1280. The second-order valence-corrected chi connectivity index (χ2v) is 24.3. The van der Waals surface area contributed by atoms with Crippen molar-refractivity contribution < 1.29 is 39.8 Å². The molecule has 9 heteroatoms. The summed E-state index contributed by atoms with van der Waals surface area (Å²) in [6.45, 7) is 3.83. The van der Waals surface area contributed by atoms with Crippen molar-refractivity contribution in [2.24, 2.45) is 0 Å². The number of carbonyl (C=O) groups is 1. The van der Waals surface area contributed by atoms with Crippen molar-refractivity contribution in [1.82, 2.24) is 5.32 Å². The minimum absolute atomic E-state index is 0.178. The highest BCUT2D eigenvalue weighted by Gasteiger charge is 2.44. The Morgan fingerprint density at radius 2 is 0.731 bits per heavy atom. The minimum atomic E-state index is -1.57. The molecular weight excluding hydrogens is 971 g/mol. The molecule has 0 aromatic heterocycles. The van der Waals surface area contributed by atoms with Crippen molar-refractivity contribution in [1.29, 1.82) is 0 Å². The molecule has 0 aliphatic carbocycles. The molecule has 0 radical (unpaired) electrons. The summed E-state index contributed by atoms with van der Waals surface area (Å²) in [7, 11) is 0. The summed E-state index contributed by atoms with van der Waals surface area (Å²) in [4.78, 5) is 13.1. The van der Waals surface area contributed by atoms with Crippen molar-refractivity contribution in [3.63, 3.8) is 0 Å². The van der Waals surface area contributed by atoms with Crippen molar-refractivity contribution in [3.05, 3.63) is 24.3 Å². The summed E-state index contributed by atoms with van der Waals surface area (Å²) in [5.41, 5.74) is 0. The highest BCUT2D eigenvalue weighted by molar-refractivity contribution is 5.76. The Morgan fingerprint density at radius 1 is 0.423 bits per heavy atom. The van der Waals surface area contributed by atoms with Crippen LogP contribution in [0.15, 0.2) is 24.3 Å². The Kier molecular flexibility index (Phi) is 56.3. The molecule has 1 aliphatic heterocycles. The number of hydrogen-bond acceptors (Lipinski definition) is 8. The fourth-order valence-electron chi connectivity index (χ4n) is 11.4. The molecule has 7 unspecified atom stereocenters. The molecule has 7 atom stereocenters. The quantitative estimate of drug-likeness (QED) is 0.0261. The van der Waals surface area contributed by atoms with E-state index in [2.05, 4.69) is 31.3 Å². The molecule has 1 amide bonds. The minimum Gasteiger partial charge on any atom is -0.394 e. The smallest absolute Gasteiger partial charge is 0.220 e. The molecule has 0 aromatic rings. The van der Waals surface area contributed by atoms with Gasteiger partial charge in [0.15, 0.2) is 6.29 Å². The zero-order valence-corrected chi connectivity index (χ0v) is 51.7. The standard InChI is InChI=1S/C69H133NO8/c1-3-5-7-9-11-13-15-17-19-21-23-25-27-29-31-33-35-37-39-41-43-45-47-49-51-53-55-57-59-65(73)70-62(61-77-69-68(76)67(75)66(74)64(60-71)78-69)63(72)58-56-54-52-50-48-46-44-42-40-38-36-34-32-30-28-26-24-22-20-18-16-14-12-10-8-6-4-2/h48,50,56,58,62-64,66-69,71-72,74-76H,3-47,49,51-55,57,59-61H2,1-2H3,(H,70,73)/b50-48+,58-56+. The molecule has 0 aromatic carbocycles. The Balaban J connectivity index is 2.15. The highest BCUT2D eigenvalue weighted by atomic mass is 16.7. The molecule has 1 rings (SSSR count). The summed E-state index contributed by atoms with van der Waals surface area (Å²) >= 11 is 0. The Morgan fingerprint density at radius 3 is 1.08 bits per heavy atom. The third-order valence-electron chi connectivity index (χ3n) is 16.8. The lowest BCUT2D eigenvalue weighted by Crippen LogP contribution is -2.60. The van der Waals surface area contributed by atoms with E-state index in [0.717, 1.165) is 38.5 Å². The third kappa shape index (κ3) is 47.2. The van der Waals surface area contributed by atoms with Gasteiger partial charge in [-0.1, -0.05) is 340 Å². The van der Waals surface area contributed by atoms with Gasteiger partial charge in [-0.05, 0) is 32.1 Å². The molecular formula is C69H133NO8. The number of ether oxygens (including phenoxy) is 2. The van der Waals surface area contributed by atoms with Crippen LogP contribution in [-0.2, 0) is 14.3 Å². The monoisotopic (exact) mass is 1100 g/mol. The van der Waals surface area contributed by atoms with Crippen LogP contribution in [0, 0.1) is 0 Å². The van der Waals surface area contributed by atoms with E-state index in [4.69, 9.17) is 9.47 Å². The number of allylic oxidation sites excluding steroid dienone is 3. The molecule has 0 bridgehead atoms. The summed E-state index contributed by atoms with van der Waals surface area (Å²) < 4.78 is 11.3. The van der Waals surface area contributed by atoms with Crippen LogP contribution in [0.2, 0.25) is 0 Å². The molecule has 1 saturated heterocycles. The maximum atomic E-state index is 13.1. The highest BCUT2D eigenvalue weighted by Crippen LogP contribution is 2.23. The SMILES string of the molecule is CCCCCCCCCCCCCCCCCCCCCCC/C=C/CC/C=C/C(O)C(COC1OC(CO)C(O)C(O)C1O)NC(=O)CCCCCCCCCCCCCCCCCCCCCCCCCCCCCC. The van der Waals surface area contributed by atoms with E-state index in [0.29, 0.717) is 6.42 Å². The maximum Gasteiger partial charge on any atom is 0.220 e. The molecule has 1 fully saturated rings. The zero-order chi connectivity index (χ0) is 56.5. The fourth-order valence-corrected chi connectivity index (χ4v) is 11.4. The molecule has 462 valence electrons. The largest absolute Gasteiger partial charge is 0.394 e. The number of nitrogens with one attached hydrogen (secondary N) is 1. The van der Waals surface area contributed by atoms with E-state index in [1.807, 2.05) is 6.08 Å². The fraction of sp³-hybridized carbons (Fsp3) is 0.928. The topological polar surface area (TPSA) is 149 Å². The van der Waals surface area contributed by atoms with Crippen molar-refractivity contribution in [3.8, 4) is 0 Å². The predicted molar refractivity (Wildman–Crippen MR) is 332 cm³/mol. The summed E-state index contributed by atoms with van der Waals surface area (Å²) in [5.74, 6) is -0.178.